The summed E-state index contributed by atoms with van der Waals surface area (Å²) in [5, 5.41) is 7.75. The van der Waals surface area contributed by atoms with Crippen molar-refractivity contribution < 1.29 is 4.74 Å². The monoisotopic (exact) mass is 440 g/mol. The van der Waals surface area contributed by atoms with Gasteiger partial charge in [0, 0.05) is 21.0 Å². The number of ether oxygens (including phenoxy) is 1. The lowest BCUT2D eigenvalue weighted by atomic mass is 10.1. The number of nitrogens with one attached hydrogen (secondary N) is 2. The number of hydrogen-bond donors (Lipinski definition) is 2. The summed E-state index contributed by atoms with van der Waals surface area (Å²) in [6, 6.07) is 13.4. The van der Waals surface area contributed by atoms with Crippen molar-refractivity contribution in [3.63, 3.8) is 0 Å². The van der Waals surface area contributed by atoms with Crippen LogP contribution in [0.5, 0.6) is 5.75 Å². The zero-order valence-corrected chi connectivity index (χ0v) is 17.7. The van der Waals surface area contributed by atoms with Crippen LogP contribution in [0, 0.1) is 0 Å². The third-order valence-electron chi connectivity index (χ3n) is 4.41. The van der Waals surface area contributed by atoms with Crippen LogP contribution in [0.25, 0.3) is 27.7 Å². The summed E-state index contributed by atoms with van der Waals surface area (Å²) in [4.78, 5) is 17.7. The fraction of sp³-hybridized carbons (Fsp3) is 0.238. The van der Waals surface area contributed by atoms with Crippen molar-refractivity contribution >= 4 is 38.2 Å². The summed E-state index contributed by atoms with van der Waals surface area (Å²) >= 11 is 3.48. The molecule has 0 aliphatic heterocycles. The molecule has 0 saturated carbocycles. The van der Waals surface area contributed by atoms with Gasteiger partial charge in [-0.15, -0.1) is 0 Å². The maximum absolute atomic E-state index is 12.8. The lowest BCUT2D eigenvalue weighted by Crippen LogP contribution is -2.28. The van der Waals surface area contributed by atoms with E-state index in [1.807, 2.05) is 36.4 Å². The maximum Gasteiger partial charge on any atom is 0.271 e. The van der Waals surface area contributed by atoms with Crippen molar-refractivity contribution in [2.75, 3.05) is 12.4 Å². The van der Waals surface area contributed by atoms with Crippen molar-refractivity contribution in [1.82, 2.24) is 14.6 Å². The highest BCUT2D eigenvalue weighted by atomic mass is 79.9. The van der Waals surface area contributed by atoms with Gasteiger partial charge in [0.2, 0.25) is 0 Å². The van der Waals surface area contributed by atoms with Gasteiger partial charge in [-0.05, 0) is 51.1 Å². The van der Waals surface area contributed by atoms with E-state index in [1.54, 1.807) is 17.7 Å². The summed E-state index contributed by atoms with van der Waals surface area (Å²) in [5.74, 6) is 1.38. The smallest absolute Gasteiger partial charge is 0.271 e. The Kier molecular flexibility index (Phi) is 4.42. The number of anilines is 1. The number of nitrogens with zero attached hydrogens (tertiary/aromatic N) is 2. The molecular formula is C21H21BrN4O2. The highest BCUT2D eigenvalue weighted by Gasteiger charge is 2.21. The van der Waals surface area contributed by atoms with Crippen molar-refractivity contribution in [2.24, 2.45) is 0 Å². The molecular weight excluding hydrogens is 420 g/mol. The van der Waals surface area contributed by atoms with Crippen LogP contribution in [0.2, 0.25) is 0 Å². The van der Waals surface area contributed by atoms with E-state index in [-0.39, 0.29) is 11.1 Å². The van der Waals surface area contributed by atoms with E-state index in [4.69, 9.17) is 9.72 Å². The van der Waals surface area contributed by atoms with E-state index in [0.717, 1.165) is 26.9 Å². The maximum atomic E-state index is 12.8. The predicted molar refractivity (Wildman–Crippen MR) is 116 cm³/mol. The molecule has 7 heteroatoms. The molecule has 144 valence electrons. The summed E-state index contributed by atoms with van der Waals surface area (Å²) in [6.07, 6.45) is 0. The Hall–Kier alpha value is -2.80. The molecule has 0 aliphatic carbocycles. The van der Waals surface area contributed by atoms with Crippen LogP contribution < -0.4 is 15.6 Å². The van der Waals surface area contributed by atoms with E-state index in [9.17, 15) is 4.79 Å². The Morgan fingerprint density at radius 1 is 1.11 bits per heavy atom. The van der Waals surface area contributed by atoms with E-state index in [2.05, 4.69) is 47.1 Å². The molecule has 0 aliphatic rings. The van der Waals surface area contributed by atoms with Gasteiger partial charge in [-0.2, -0.15) is 0 Å². The number of hydrogen-bond acceptors (Lipinski definition) is 4. The molecule has 0 spiro atoms. The average molecular weight is 441 g/mol. The van der Waals surface area contributed by atoms with Crippen LogP contribution in [0.15, 0.2) is 51.7 Å². The lowest BCUT2D eigenvalue weighted by Gasteiger charge is -2.22. The third-order valence-corrected chi connectivity index (χ3v) is 4.94. The molecule has 2 aromatic carbocycles. The fourth-order valence-electron chi connectivity index (χ4n) is 3.18. The Balaban J connectivity index is 2.07. The van der Waals surface area contributed by atoms with Crippen molar-refractivity contribution in [3.05, 3.63) is 57.3 Å². The van der Waals surface area contributed by atoms with Crippen LogP contribution in [-0.4, -0.2) is 27.2 Å². The summed E-state index contributed by atoms with van der Waals surface area (Å²) in [6.45, 7) is 6.21. The van der Waals surface area contributed by atoms with Gasteiger partial charge in [0.05, 0.1) is 12.5 Å². The second-order valence-electron chi connectivity index (χ2n) is 7.70. The van der Waals surface area contributed by atoms with Gasteiger partial charge in [-0.25, -0.2) is 9.50 Å². The number of benzene rings is 2. The first-order valence-electron chi connectivity index (χ1n) is 8.93. The summed E-state index contributed by atoms with van der Waals surface area (Å²) < 4.78 is 8.00. The topological polar surface area (TPSA) is 71.4 Å². The molecule has 28 heavy (non-hydrogen) atoms. The SMILES string of the molecule is COc1ccc2c(c1)c(=O)[nH]n1c(NC(C)(C)C)c(-c3ccc(Br)cc3)nc21. The van der Waals surface area contributed by atoms with Gasteiger partial charge in [0.15, 0.2) is 11.5 Å². The Morgan fingerprint density at radius 2 is 1.82 bits per heavy atom. The Bertz CT molecular complexity index is 1230. The molecule has 0 fully saturated rings. The minimum Gasteiger partial charge on any atom is -0.497 e. The van der Waals surface area contributed by atoms with Gasteiger partial charge in [0.25, 0.3) is 5.56 Å². The lowest BCUT2D eigenvalue weighted by molar-refractivity contribution is 0.415. The second-order valence-corrected chi connectivity index (χ2v) is 8.62. The number of rotatable bonds is 3. The van der Waals surface area contributed by atoms with E-state index >= 15 is 0 Å². The number of imidazole rings is 1. The molecule has 2 aromatic heterocycles. The fourth-order valence-corrected chi connectivity index (χ4v) is 3.45. The number of H-pyrrole nitrogens is 1. The Labute approximate surface area is 170 Å². The molecule has 6 nitrogen and oxygen atoms in total. The molecule has 0 atom stereocenters. The average Bonchev–Trinajstić information content (AvgIpc) is 2.99. The molecule has 2 heterocycles. The molecule has 0 saturated heterocycles. The van der Waals surface area contributed by atoms with Crippen LogP contribution in [0.1, 0.15) is 20.8 Å². The minimum atomic E-state index is -0.216. The molecule has 0 amide bonds. The Morgan fingerprint density at radius 3 is 2.46 bits per heavy atom. The molecule has 4 aromatic rings. The van der Waals surface area contributed by atoms with Crippen LogP contribution in [0.3, 0.4) is 0 Å². The highest BCUT2D eigenvalue weighted by Crippen LogP contribution is 2.33. The molecule has 2 N–H and O–H groups in total. The van der Waals surface area contributed by atoms with Crippen molar-refractivity contribution in [2.45, 2.75) is 26.3 Å². The zero-order chi connectivity index (χ0) is 20.1. The summed E-state index contributed by atoms with van der Waals surface area (Å²) in [5.41, 5.74) is 2.01. The standard InChI is InChI=1S/C21H21BrN4O2/c1-21(2,3)24-19-17(12-5-7-13(22)8-6-12)23-18-15-10-9-14(28-4)11-16(15)20(27)25-26(18)19/h5-11,24H,1-4H3,(H,25,27). The van der Waals surface area contributed by atoms with Gasteiger partial charge in [-0.3, -0.25) is 9.89 Å². The van der Waals surface area contributed by atoms with Crippen LogP contribution >= 0.6 is 15.9 Å². The quantitative estimate of drug-likeness (QED) is 0.478. The second kappa shape index (κ2) is 6.67. The first-order chi connectivity index (χ1) is 13.3. The molecule has 0 unspecified atom stereocenters. The number of methoxy groups -OCH3 is 1. The third kappa shape index (κ3) is 3.26. The molecule has 4 rings (SSSR count). The summed E-state index contributed by atoms with van der Waals surface area (Å²) in [7, 11) is 1.58. The van der Waals surface area contributed by atoms with Gasteiger partial charge in [0.1, 0.15) is 11.4 Å². The predicted octanol–water partition coefficient (Wildman–Crippen LogP) is 4.82. The van der Waals surface area contributed by atoms with Crippen molar-refractivity contribution in [3.8, 4) is 17.0 Å². The van der Waals surface area contributed by atoms with Gasteiger partial charge >= 0.3 is 0 Å². The van der Waals surface area contributed by atoms with Crippen LogP contribution in [0.4, 0.5) is 5.82 Å². The minimum absolute atomic E-state index is 0.196. The number of aromatic nitrogens is 3. The van der Waals surface area contributed by atoms with Crippen molar-refractivity contribution in [1.29, 1.82) is 0 Å². The molecule has 0 bridgehead atoms. The largest absolute Gasteiger partial charge is 0.497 e. The zero-order valence-electron chi connectivity index (χ0n) is 16.1. The normalized spacial score (nSPS) is 11.9. The number of aromatic amines is 1. The van der Waals surface area contributed by atoms with Crippen LogP contribution in [-0.2, 0) is 0 Å². The highest BCUT2D eigenvalue weighted by molar-refractivity contribution is 9.10. The van der Waals surface area contributed by atoms with E-state index in [1.165, 1.54) is 0 Å². The first-order valence-corrected chi connectivity index (χ1v) is 9.73. The van der Waals surface area contributed by atoms with Gasteiger partial charge < -0.3 is 10.1 Å². The molecule has 0 radical (unpaired) electrons. The number of halogens is 1. The first kappa shape index (κ1) is 18.6. The van der Waals surface area contributed by atoms with Gasteiger partial charge in [-0.1, -0.05) is 28.1 Å². The van der Waals surface area contributed by atoms with E-state index in [0.29, 0.717) is 16.8 Å². The number of fused-ring (bicyclic) bond motifs is 3. The van der Waals surface area contributed by atoms with E-state index < -0.39 is 0 Å².